The molecule has 0 aromatic heterocycles. The van der Waals surface area contributed by atoms with Crippen LogP contribution >= 0.6 is 23.4 Å². The van der Waals surface area contributed by atoms with Crippen LogP contribution < -0.4 is 14.4 Å². The summed E-state index contributed by atoms with van der Waals surface area (Å²) in [5.41, 5.74) is 4.25. The van der Waals surface area contributed by atoms with E-state index < -0.39 is 5.91 Å². The number of aryl methyl sites for hydroxylation is 1. The third-order valence-electron chi connectivity index (χ3n) is 5.40. The average molecular weight is 506 g/mol. The van der Waals surface area contributed by atoms with Crippen molar-refractivity contribution in [3.05, 3.63) is 106 Å². The second-order valence-corrected chi connectivity index (χ2v) is 9.41. The summed E-state index contributed by atoms with van der Waals surface area (Å²) in [6.45, 7) is 6.28. The SMILES string of the molecule is C=CCc1cc(/C=C2/SC(=O)N(c3cccc(Cl)c3)C2=O)cc(OC)c1OCc1ccc(C)cc1. The van der Waals surface area contributed by atoms with Gasteiger partial charge in [0.25, 0.3) is 11.1 Å². The summed E-state index contributed by atoms with van der Waals surface area (Å²) in [4.78, 5) is 27.1. The van der Waals surface area contributed by atoms with Crippen LogP contribution in [-0.2, 0) is 17.8 Å². The van der Waals surface area contributed by atoms with E-state index in [1.807, 2.05) is 37.3 Å². The van der Waals surface area contributed by atoms with Crippen LogP contribution in [0.15, 0.2) is 78.2 Å². The molecule has 178 valence electrons. The van der Waals surface area contributed by atoms with Gasteiger partial charge in [0.05, 0.1) is 17.7 Å². The van der Waals surface area contributed by atoms with Crippen molar-refractivity contribution in [2.75, 3.05) is 12.0 Å². The topological polar surface area (TPSA) is 55.8 Å². The van der Waals surface area contributed by atoms with Gasteiger partial charge in [-0.2, -0.15) is 0 Å². The Hall–Kier alpha value is -3.48. The number of allylic oxidation sites excluding steroid dienone is 1. The van der Waals surface area contributed by atoms with Crippen LogP contribution in [0, 0.1) is 6.92 Å². The smallest absolute Gasteiger partial charge is 0.298 e. The van der Waals surface area contributed by atoms with Crippen LogP contribution in [0.3, 0.4) is 0 Å². The lowest BCUT2D eigenvalue weighted by atomic mass is 10.0. The first-order valence-electron chi connectivity index (χ1n) is 10.9. The summed E-state index contributed by atoms with van der Waals surface area (Å²) in [5.74, 6) is 0.764. The Morgan fingerprint density at radius 2 is 1.86 bits per heavy atom. The summed E-state index contributed by atoms with van der Waals surface area (Å²) in [6, 6.07) is 18.5. The Bertz CT molecular complexity index is 1320. The first-order chi connectivity index (χ1) is 16.9. The highest BCUT2D eigenvalue weighted by atomic mass is 35.5. The van der Waals surface area contributed by atoms with Gasteiger partial charge in [0, 0.05) is 10.6 Å². The molecule has 35 heavy (non-hydrogen) atoms. The predicted molar refractivity (Wildman–Crippen MR) is 142 cm³/mol. The van der Waals surface area contributed by atoms with Crippen LogP contribution in [0.5, 0.6) is 11.5 Å². The molecule has 1 aliphatic heterocycles. The van der Waals surface area contributed by atoms with Gasteiger partial charge in [-0.15, -0.1) is 6.58 Å². The van der Waals surface area contributed by atoms with E-state index in [-0.39, 0.29) is 5.24 Å². The van der Waals surface area contributed by atoms with Crippen molar-refractivity contribution in [1.82, 2.24) is 0 Å². The van der Waals surface area contributed by atoms with Gasteiger partial charge < -0.3 is 9.47 Å². The van der Waals surface area contributed by atoms with Crippen LogP contribution in [0.25, 0.3) is 6.08 Å². The molecule has 3 aromatic carbocycles. The van der Waals surface area contributed by atoms with E-state index in [4.69, 9.17) is 21.1 Å². The third kappa shape index (κ3) is 5.61. The maximum atomic E-state index is 13.0. The Balaban J connectivity index is 1.64. The molecule has 0 radical (unpaired) electrons. The first kappa shape index (κ1) is 24.6. The van der Waals surface area contributed by atoms with E-state index >= 15 is 0 Å². The Kier molecular flexibility index (Phi) is 7.63. The summed E-state index contributed by atoms with van der Waals surface area (Å²) in [7, 11) is 1.57. The van der Waals surface area contributed by atoms with Crippen molar-refractivity contribution in [2.45, 2.75) is 20.0 Å². The minimum atomic E-state index is -0.397. The van der Waals surface area contributed by atoms with E-state index in [0.717, 1.165) is 33.4 Å². The Morgan fingerprint density at radius 3 is 2.54 bits per heavy atom. The number of thioether (sulfide) groups is 1. The monoisotopic (exact) mass is 505 g/mol. The third-order valence-corrected chi connectivity index (χ3v) is 6.50. The molecule has 0 aliphatic carbocycles. The molecule has 0 N–H and O–H groups in total. The summed E-state index contributed by atoms with van der Waals surface area (Å²) in [5, 5.41) is 0.0745. The van der Waals surface area contributed by atoms with Crippen LogP contribution in [0.1, 0.15) is 22.3 Å². The number of carbonyl (C=O) groups excluding carboxylic acids is 2. The fraction of sp³-hybridized carbons (Fsp3) is 0.143. The highest BCUT2D eigenvalue weighted by Crippen LogP contribution is 2.39. The highest BCUT2D eigenvalue weighted by molar-refractivity contribution is 8.19. The summed E-state index contributed by atoms with van der Waals surface area (Å²) < 4.78 is 11.8. The molecule has 1 aliphatic rings. The number of rotatable bonds is 8. The van der Waals surface area contributed by atoms with E-state index in [1.54, 1.807) is 49.6 Å². The van der Waals surface area contributed by atoms with E-state index in [9.17, 15) is 9.59 Å². The number of nitrogens with zero attached hydrogens (tertiary/aromatic N) is 1. The maximum Gasteiger partial charge on any atom is 0.298 e. The van der Waals surface area contributed by atoms with Crippen molar-refractivity contribution < 1.29 is 19.1 Å². The minimum Gasteiger partial charge on any atom is -0.493 e. The number of anilines is 1. The molecule has 2 amide bonds. The van der Waals surface area contributed by atoms with E-state index in [1.165, 1.54) is 5.56 Å². The lowest BCUT2D eigenvalue weighted by Crippen LogP contribution is -2.27. The molecule has 0 bridgehead atoms. The van der Waals surface area contributed by atoms with Crippen molar-refractivity contribution >= 4 is 46.3 Å². The number of methoxy groups -OCH3 is 1. The predicted octanol–water partition coefficient (Wildman–Crippen LogP) is 7.21. The number of halogens is 1. The summed E-state index contributed by atoms with van der Waals surface area (Å²) in [6.07, 6.45) is 4.02. The fourth-order valence-corrected chi connectivity index (χ4v) is 4.71. The van der Waals surface area contributed by atoms with Gasteiger partial charge in [0.2, 0.25) is 0 Å². The van der Waals surface area contributed by atoms with Crippen molar-refractivity contribution in [1.29, 1.82) is 0 Å². The van der Waals surface area contributed by atoms with Gasteiger partial charge in [-0.3, -0.25) is 9.59 Å². The fourth-order valence-electron chi connectivity index (χ4n) is 3.69. The van der Waals surface area contributed by atoms with Gasteiger partial charge in [-0.1, -0.05) is 53.6 Å². The molecule has 0 spiro atoms. The van der Waals surface area contributed by atoms with Gasteiger partial charge in [0.15, 0.2) is 11.5 Å². The molecule has 1 saturated heterocycles. The van der Waals surface area contributed by atoms with Crippen molar-refractivity contribution in [2.24, 2.45) is 0 Å². The molecule has 5 nitrogen and oxygen atoms in total. The quantitative estimate of drug-likeness (QED) is 0.239. The molecule has 0 unspecified atom stereocenters. The van der Waals surface area contributed by atoms with Crippen molar-refractivity contribution in [3.8, 4) is 11.5 Å². The molecule has 1 fully saturated rings. The van der Waals surface area contributed by atoms with Gasteiger partial charge in [-0.05, 0) is 72.6 Å². The van der Waals surface area contributed by atoms with Crippen LogP contribution in [0.2, 0.25) is 5.02 Å². The molecule has 3 aromatic rings. The minimum absolute atomic E-state index is 0.315. The first-order valence-corrected chi connectivity index (χ1v) is 12.1. The Labute approximate surface area is 214 Å². The highest BCUT2D eigenvalue weighted by Gasteiger charge is 2.36. The van der Waals surface area contributed by atoms with Crippen LogP contribution in [0.4, 0.5) is 10.5 Å². The normalized spacial score (nSPS) is 14.5. The second kappa shape index (κ2) is 10.8. The molecule has 4 rings (SSSR count). The maximum absolute atomic E-state index is 13.0. The second-order valence-electron chi connectivity index (χ2n) is 7.98. The van der Waals surface area contributed by atoms with E-state index in [0.29, 0.717) is 40.1 Å². The number of hydrogen-bond donors (Lipinski definition) is 0. The zero-order valence-corrected chi connectivity index (χ0v) is 21.0. The average Bonchev–Trinajstić information content (AvgIpc) is 3.11. The zero-order chi connectivity index (χ0) is 24.9. The van der Waals surface area contributed by atoms with Crippen LogP contribution in [-0.4, -0.2) is 18.3 Å². The molecule has 1 heterocycles. The number of ether oxygens (including phenoxy) is 2. The largest absolute Gasteiger partial charge is 0.493 e. The number of hydrogen-bond acceptors (Lipinski definition) is 5. The number of carbonyl (C=O) groups is 2. The van der Waals surface area contributed by atoms with Gasteiger partial charge in [0.1, 0.15) is 6.61 Å². The molecule has 7 heteroatoms. The number of benzene rings is 3. The molecular formula is C28H24ClNO4S. The lowest BCUT2D eigenvalue weighted by molar-refractivity contribution is -0.113. The standard InChI is InChI=1S/C28H24ClNO4S/c1-4-6-21-13-20(14-24(33-3)26(21)34-17-19-11-9-18(2)10-12-19)15-25-27(31)30(28(32)35-25)23-8-5-7-22(29)16-23/h4-5,7-16H,1,6,17H2,2-3H3/b25-15+. The van der Waals surface area contributed by atoms with Gasteiger partial charge >= 0.3 is 0 Å². The zero-order valence-electron chi connectivity index (χ0n) is 19.4. The number of amides is 2. The lowest BCUT2D eigenvalue weighted by Gasteiger charge is -2.16. The number of imide groups is 1. The Morgan fingerprint density at radius 1 is 1.09 bits per heavy atom. The molecular weight excluding hydrogens is 482 g/mol. The summed E-state index contributed by atoms with van der Waals surface area (Å²) >= 11 is 6.93. The molecule has 0 saturated carbocycles. The van der Waals surface area contributed by atoms with E-state index in [2.05, 4.69) is 6.58 Å². The van der Waals surface area contributed by atoms with Crippen molar-refractivity contribution in [3.63, 3.8) is 0 Å². The van der Waals surface area contributed by atoms with Gasteiger partial charge in [-0.25, -0.2) is 4.90 Å². The molecule has 0 atom stereocenters.